The second-order valence-corrected chi connectivity index (χ2v) is 21.0. The van der Waals surface area contributed by atoms with E-state index in [-0.39, 0.29) is 41.9 Å². The highest BCUT2D eigenvalue weighted by Gasteiger charge is 2.66. The Morgan fingerprint density at radius 3 is 2.28 bits per heavy atom. The molecule has 0 saturated carbocycles. The summed E-state index contributed by atoms with van der Waals surface area (Å²) in [6.07, 6.45) is 2.23. The summed E-state index contributed by atoms with van der Waals surface area (Å²) in [5.74, 6) is 0.676. The first-order chi connectivity index (χ1) is 29.1. The molecule has 2 N–H and O–H groups in total. The minimum atomic E-state index is -2.38. The van der Waals surface area contributed by atoms with Gasteiger partial charge in [0.15, 0.2) is 5.60 Å². The van der Waals surface area contributed by atoms with Gasteiger partial charge in [0.2, 0.25) is 0 Å². The van der Waals surface area contributed by atoms with Crippen molar-refractivity contribution in [3.05, 3.63) is 162 Å². The summed E-state index contributed by atoms with van der Waals surface area (Å²) >= 11 is 0. The van der Waals surface area contributed by atoms with Crippen LogP contribution in [0.15, 0.2) is 134 Å². The molecule has 60 heavy (non-hydrogen) atoms. The number of ether oxygens (including phenoxy) is 3. The van der Waals surface area contributed by atoms with Crippen molar-refractivity contribution in [3.8, 4) is 11.5 Å². The van der Waals surface area contributed by atoms with Gasteiger partial charge < -0.3 is 29.5 Å². The molecule has 0 bridgehead atoms. The van der Waals surface area contributed by atoms with Crippen LogP contribution in [-0.4, -0.2) is 66.9 Å². The van der Waals surface area contributed by atoms with Crippen molar-refractivity contribution in [3.63, 3.8) is 0 Å². The van der Waals surface area contributed by atoms with Crippen LogP contribution in [0.2, 0.25) is 18.6 Å². The van der Waals surface area contributed by atoms with Crippen molar-refractivity contribution in [2.75, 3.05) is 31.0 Å². The fourth-order valence-electron chi connectivity index (χ4n) is 9.47. The average Bonchev–Trinajstić information content (AvgIpc) is 3.94. The molecule has 1 aromatic heterocycles. The fraction of sp³-hybridized carbons (Fsp3) is 0.292. The molecule has 0 aliphatic carbocycles. The zero-order valence-electron chi connectivity index (χ0n) is 34.6. The Labute approximate surface area is 351 Å². The number of nitrogens with one attached hydrogen (secondary N) is 1. The molecular weight excluding hydrogens is 771 g/mol. The third kappa shape index (κ3) is 7.51. The van der Waals surface area contributed by atoms with Gasteiger partial charge in [-0.15, -0.1) is 5.10 Å². The van der Waals surface area contributed by atoms with Crippen LogP contribution in [-0.2, 0) is 28.2 Å². The van der Waals surface area contributed by atoms with E-state index in [9.17, 15) is 9.90 Å². The summed E-state index contributed by atoms with van der Waals surface area (Å²) in [6.45, 7) is 7.67. The molecule has 1 saturated heterocycles. The van der Waals surface area contributed by atoms with Gasteiger partial charge in [-0.3, -0.25) is 14.3 Å². The number of rotatable bonds is 14. The molecule has 2 amide bonds. The van der Waals surface area contributed by atoms with Gasteiger partial charge in [-0.1, -0.05) is 103 Å². The predicted molar refractivity (Wildman–Crippen MR) is 235 cm³/mol. The fourth-order valence-corrected chi connectivity index (χ4v) is 13.5. The van der Waals surface area contributed by atoms with Gasteiger partial charge >= 0.3 is 0 Å². The number of carbonyl (C=O) groups excluding carboxylic acids is 2. The van der Waals surface area contributed by atoms with Crippen LogP contribution in [0.25, 0.3) is 0 Å². The van der Waals surface area contributed by atoms with Crippen LogP contribution in [0.5, 0.6) is 11.5 Å². The maximum atomic E-state index is 15.3. The zero-order valence-corrected chi connectivity index (χ0v) is 35.6. The van der Waals surface area contributed by atoms with Gasteiger partial charge in [0.25, 0.3) is 11.8 Å². The minimum absolute atomic E-state index is 0.0387. The van der Waals surface area contributed by atoms with E-state index in [1.54, 1.807) is 38.5 Å². The molecule has 308 valence electrons. The van der Waals surface area contributed by atoms with Crippen LogP contribution >= 0.6 is 0 Å². The lowest BCUT2D eigenvalue weighted by molar-refractivity contribution is -0.146. The lowest BCUT2D eigenvalue weighted by Gasteiger charge is -2.37. The van der Waals surface area contributed by atoms with Crippen molar-refractivity contribution in [1.29, 1.82) is 0 Å². The number of carbonyl (C=O) groups is 2. The van der Waals surface area contributed by atoms with E-state index in [0.717, 1.165) is 28.1 Å². The van der Waals surface area contributed by atoms with Crippen molar-refractivity contribution < 1.29 is 28.9 Å². The highest BCUT2D eigenvalue weighted by atomic mass is 28.3. The molecule has 8 rings (SSSR count). The smallest absolute Gasteiger partial charge is 0.264 e. The van der Waals surface area contributed by atoms with Gasteiger partial charge in [0.05, 0.1) is 58.8 Å². The number of amides is 2. The van der Waals surface area contributed by atoms with Gasteiger partial charge in [-0.05, 0) is 77.7 Å². The standard InChI is InChI=1S/C48H51N5O6Si/c1-32-45(60(4,5)39-24-22-38(58-3)23-25-39)44(26-27-52-30-42(50-51-52)40(31-54)34-13-7-6-8-14-34)59-48(32)41-16-9-10-17-43(41)53(47(48)56)29-33-12-11-15-36(28-33)49-46(55)35-18-20-37(57-2)21-19-35/h6-25,28,30,32,40,44-45,54H,26-27,29,31H2,1-5H3,(H,49,55)/t32-,40?,44+,45-,48+/m1/s1. The van der Waals surface area contributed by atoms with Crippen LogP contribution in [0.4, 0.5) is 11.4 Å². The lowest BCUT2D eigenvalue weighted by atomic mass is 9.82. The van der Waals surface area contributed by atoms with E-state index in [1.807, 2.05) is 107 Å². The van der Waals surface area contributed by atoms with E-state index >= 15 is 4.79 Å². The predicted octanol–water partition coefficient (Wildman–Crippen LogP) is 7.52. The topological polar surface area (TPSA) is 128 Å². The maximum Gasteiger partial charge on any atom is 0.264 e. The number of methoxy groups -OCH3 is 2. The molecule has 11 nitrogen and oxygen atoms in total. The number of hydrogen-bond donors (Lipinski definition) is 2. The maximum absolute atomic E-state index is 15.3. The monoisotopic (exact) mass is 821 g/mol. The third-order valence-corrected chi connectivity index (χ3v) is 16.9. The number of aliphatic hydroxyl groups is 1. The second kappa shape index (κ2) is 16.9. The van der Waals surface area contributed by atoms with Gasteiger partial charge in [0.1, 0.15) is 11.5 Å². The molecule has 3 heterocycles. The Bertz CT molecular complexity index is 2460. The molecule has 12 heteroatoms. The zero-order chi connectivity index (χ0) is 42.0. The molecule has 1 spiro atoms. The van der Waals surface area contributed by atoms with Gasteiger partial charge in [-0.25, -0.2) is 0 Å². The largest absolute Gasteiger partial charge is 0.497 e. The Balaban J connectivity index is 1.09. The first kappa shape index (κ1) is 40.7. The van der Waals surface area contributed by atoms with E-state index in [1.165, 1.54) is 5.19 Å². The van der Waals surface area contributed by atoms with E-state index < -0.39 is 13.7 Å². The highest BCUT2D eigenvalue weighted by Crippen LogP contribution is 2.60. The SMILES string of the molecule is COc1ccc(C(=O)Nc2cccc(CN3C(=O)[C@@]4(O[C@@H](CCn5cc(C(CO)c6ccccc6)nn5)[C@H]([Si](C)(C)c5ccc(OC)cc5)[C@H]4C)c4ccccc43)c2)cc1. The number of fused-ring (bicyclic) bond motifs is 2. The summed E-state index contributed by atoms with van der Waals surface area (Å²) in [4.78, 5) is 30.3. The van der Waals surface area contributed by atoms with Crippen molar-refractivity contribution in [2.24, 2.45) is 5.92 Å². The van der Waals surface area contributed by atoms with Crippen LogP contribution in [0, 0.1) is 5.92 Å². The average molecular weight is 822 g/mol. The molecule has 2 aliphatic heterocycles. The Hall–Kier alpha value is -6.08. The number of aliphatic hydroxyl groups excluding tert-OH is 1. The molecule has 5 atom stereocenters. The molecular formula is C48H51N5O6Si. The number of nitrogens with zero attached hydrogens (tertiary/aromatic N) is 4. The van der Waals surface area contributed by atoms with E-state index in [4.69, 9.17) is 14.2 Å². The van der Waals surface area contributed by atoms with Crippen molar-refractivity contribution >= 4 is 36.4 Å². The summed E-state index contributed by atoms with van der Waals surface area (Å²) in [5.41, 5.74) is 4.20. The molecule has 2 aliphatic rings. The number of hydrogen-bond acceptors (Lipinski definition) is 8. The highest BCUT2D eigenvalue weighted by molar-refractivity contribution is 6.91. The molecule has 0 radical (unpaired) electrons. The number of aromatic nitrogens is 3. The Kier molecular flexibility index (Phi) is 11.4. The number of para-hydroxylation sites is 1. The van der Waals surface area contributed by atoms with Gasteiger partial charge in [0, 0.05) is 35.5 Å². The molecule has 6 aromatic rings. The first-order valence-electron chi connectivity index (χ1n) is 20.4. The Morgan fingerprint density at radius 1 is 0.900 bits per heavy atom. The number of benzene rings is 5. The second-order valence-electron chi connectivity index (χ2n) is 16.3. The summed E-state index contributed by atoms with van der Waals surface area (Å²) in [6, 6.07) is 40.8. The molecule has 1 unspecified atom stereocenters. The summed E-state index contributed by atoms with van der Waals surface area (Å²) in [5, 5.41) is 23.6. The van der Waals surface area contributed by atoms with Crippen LogP contribution in [0.3, 0.4) is 0 Å². The molecule has 1 fully saturated rings. The van der Waals surface area contributed by atoms with Crippen LogP contribution in [0.1, 0.15) is 52.0 Å². The normalized spacial score (nSPS) is 20.3. The van der Waals surface area contributed by atoms with Gasteiger partial charge in [-0.2, -0.15) is 0 Å². The first-order valence-corrected chi connectivity index (χ1v) is 23.5. The minimum Gasteiger partial charge on any atom is -0.497 e. The summed E-state index contributed by atoms with van der Waals surface area (Å²) < 4.78 is 19.9. The van der Waals surface area contributed by atoms with Crippen molar-refractivity contribution in [2.45, 2.75) is 62.7 Å². The van der Waals surface area contributed by atoms with E-state index in [0.29, 0.717) is 42.2 Å². The number of aryl methyl sites for hydroxylation is 1. The lowest BCUT2D eigenvalue weighted by Crippen LogP contribution is -2.51. The van der Waals surface area contributed by atoms with E-state index in [2.05, 4.69) is 47.8 Å². The van der Waals surface area contributed by atoms with Crippen molar-refractivity contribution in [1.82, 2.24) is 15.0 Å². The summed E-state index contributed by atoms with van der Waals surface area (Å²) in [7, 11) is 0.878. The molecule has 5 aromatic carbocycles. The number of anilines is 2. The third-order valence-electron chi connectivity index (χ3n) is 12.6. The van der Waals surface area contributed by atoms with Crippen LogP contribution < -0.4 is 24.9 Å². The quantitative estimate of drug-likeness (QED) is 0.108. The Morgan fingerprint density at radius 2 is 1.58 bits per heavy atom.